The maximum Gasteiger partial charge on any atom is 0.138 e. The summed E-state index contributed by atoms with van der Waals surface area (Å²) in [4.78, 5) is 2.48. The minimum Gasteiger partial charge on any atom is -0.506 e. The molecule has 1 fully saturated rings. The van der Waals surface area contributed by atoms with E-state index in [9.17, 15) is 5.11 Å². The Morgan fingerprint density at radius 2 is 2.29 bits per heavy atom. The van der Waals surface area contributed by atoms with Gasteiger partial charge in [0.1, 0.15) is 5.75 Å². The number of nitrogens with zero attached hydrogens (tertiary/aromatic N) is 1. The minimum absolute atomic E-state index is 0.180. The van der Waals surface area contributed by atoms with Gasteiger partial charge in [-0.1, -0.05) is 19.4 Å². The monoisotopic (exact) mass is 234 g/mol. The molecule has 2 rings (SSSR count). The van der Waals surface area contributed by atoms with Crippen molar-refractivity contribution < 1.29 is 5.11 Å². The molecule has 0 radical (unpaired) electrons. The van der Waals surface area contributed by atoms with Gasteiger partial charge in [-0.15, -0.1) is 0 Å². The molecule has 0 saturated carbocycles. The largest absolute Gasteiger partial charge is 0.506 e. The summed E-state index contributed by atoms with van der Waals surface area (Å²) in [6, 6.07) is 5.52. The molecule has 1 aromatic carbocycles. The Morgan fingerprint density at radius 1 is 1.47 bits per heavy atom. The van der Waals surface area contributed by atoms with Gasteiger partial charge >= 0.3 is 0 Å². The first-order chi connectivity index (χ1) is 8.19. The van der Waals surface area contributed by atoms with Crippen LogP contribution in [0.5, 0.6) is 5.75 Å². The summed E-state index contributed by atoms with van der Waals surface area (Å²) in [5, 5.41) is 9.38. The van der Waals surface area contributed by atoms with E-state index in [-0.39, 0.29) is 5.75 Å². The third kappa shape index (κ3) is 3.13. The first kappa shape index (κ1) is 12.2. The SMILES string of the molecule is CCCC1CCN(Cc2ccc(O)c(N)c2)C1. The number of likely N-dealkylation sites (tertiary alicyclic amines) is 1. The lowest BCUT2D eigenvalue weighted by Gasteiger charge is -2.16. The summed E-state index contributed by atoms with van der Waals surface area (Å²) in [5.74, 6) is 1.05. The fourth-order valence-electron chi connectivity index (χ4n) is 2.66. The van der Waals surface area contributed by atoms with Crippen LogP contribution in [-0.2, 0) is 6.54 Å². The number of benzene rings is 1. The molecule has 0 bridgehead atoms. The Labute approximate surface area is 103 Å². The van der Waals surface area contributed by atoms with Crippen LogP contribution in [0.15, 0.2) is 18.2 Å². The third-order valence-electron chi connectivity index (χ3n) is 3.57. The molecule has 0 aromatic heterocycles. The van der Waals surface area contributed by atoms with E-state index in [1.54, 1.807) is 6.07 Å². The molecule has 0 spiro atoms. The van der Waals surface area contributed by atoms with Crippen molar-refractivity contribution in [3.63, 3.8) is 0 Å². The molecule has 0 aliphatic carbocycles. The Hall–Kier alpha value is -1.22. The zero-order valence-corrected chi connectivity index (χ0v) is 10.5. The number of phenols is 1. The molecule has 1 unspecified atom stereocenters. The van der Waals surface area contributed by atoms with E-state index in [4.69, 9.17) is 5.73 Å². The molecule has 1 aromatic rings. The van der Waals surface area contributed by atoms with E-state index in [1.807, 2.05) is 12.1 Å². The zero-order chi connectivity index (χ0) is 12.3. The highest BCUT2D eigenvalue weighted by atomic mass is 16.3. The minimum atomic E-state index is 0.180. The molecule has 1 aliphatic heterocycles. The summed E-state index contributed by atoms with van der Waals surface area (Å²) in [6.45, 7) is 5.59. The molecule has 3 N–H and O–H groups in total. The molecule has 1 atom stereocenters. The van der Waals surface area contributed by atoms with Gasteiger partial charge in [0, 0.05) is 13.1 Å². The summed E-state index contributed by atoms with van der Waals surface area (Å²) in [7, 11) is 0. The smallest absolute Gasteiger partial charge is 0.138 e. The summed E-state index contributed by atoms with van der Waals surface area (Å²) >= 11 is 0. The maximum absolute atomic E-state index is 9.38. The van der Waals surface area contributed by atoms with Crippen molar-refractivity contribution in [3.8, 4) is 5.75 Å². The van der Waals surface area contributed by atoms with Gasteiger partial charge in [-0.05, 0) is 43.0 Å². The molecular formula is C14H22N2O. The quantitative estimate of drug-likeness (QED) is 0.622. The second kappa shape index (κ2) is 5.41. The first-order valence-corrected chi connectivity index (χ1v) is 6.48. The summed E-state index contributed by atoms with van der Waals surface area (Å²) in [6.07, 6.45) is 3.94. The summed E-state index contributed by atoms with van der Waals surface area (Å²) in [5.41, 5.74) is 7.37. The number of nitrogens with two attached hydrogens (primary N) is 1. The van der Waals surface area contributed by atoms with Crippen molar-refractivity contribution >= 4 is 5.69 Å². The third-order valence-corrected chi connectivity index (χ3v) is 3.57. The van der Waals surface area contributed by atoms with Crippen molar-refractivity contribution in [1.82, 2.24) is 4.90 Å². The number of anilines is 1. The highest BCUT2D eigenvalue weighted by Gasteiger charge is 2.21. The van der Waals surface area contributed by atoms with Crippen LogP contribution in [0.4, 0.5) is 5.69 Å². The van der Waals surface area contributed by atoms with Crippen LogP contribution in [0.2, 0.25) is 0 Å². The Bertz CT molecular complexity index is 378. The highest BCUT2D eigenvalue weighted by Crippen LogP contribution is 2.25. The average molecular weight is 234 g/mol. The van der Waals surface area contributed by atoms with E-state index in [1.165, 1.54) is 37.9 Å². The van der Waals surface area contributed by atoms with Crippen LogP contribution < -0.4 is 5.73 Å². The Kier molecular flexibility index (Phi) is 3.89. The van der Waals surface area contributed by atoms with Crippen molar-refractivity contribution in [2.45, 2.75) is 32.7 Å². The normalized spacial score (nSPS) is 20.9. The molecule has 3 heteroatoms. The predicted molar refractivity (Wildman–Crippen MR) is 70.8 cm³/mol. The molecule has 0 amide bonds. The van der Waals surface area contributed by atoms with Crippen LogP contribution >= 0.6 is 0 Å². The van der Waals surface area contributed by atoms with Gasteiger partial charge in [0.15, 0.2) is 0 Å². The summed E-state index contributed by atoms with van der Waals surface area (Å²) < 4.78 is 0. The van der Waals surface area contributed by atoms with E-state index in [0.29, 0.717) is 5.69 Å². The Balaban J connectivity index is 1.91. The van der Waals surface area contributed by atoms with Crippen LogP contribution in [0.3, 0.4) is 0 Å². The molecule has 1 saturated heterocycles. The van der Waals surface area contributed by atoms with Crippen molar-refractivity contribution in [2.24, 2.45) is 5.92 Å². The van der Waals surface area contributed by atoms with E-state index in [0.717, 1.165) is 12.5 Å². The van der Waals surface area contributed by atoms with Crippen LogP contribution in [0.25, 0.3) is 0 Å². The highest BCUT2D eigenvalue weighted by molar-refractivity contribution is 5.53. The zero-order valence-electron chi connectivity index (χ0n) is 10.5. The van der Waals surface area contributed by atoms with Crippen LogP contribution in [0.1, 0.15) is 31.7 Å². The number of hydrogen-bond donors (Lipinski definition) is 2. The maximum atomic E-state index is 9.38. The van der Waals surface area contributed by atoms with Gasteiger partial charge in [0.05, 0.1) is 5.69 Å². The molecule has 1 aliphatic rings. The van der Waals surface area contributed by atoms with Gasteiger partial charge in [-0.3, -0.25) is 4.90 Å². The lowest BCUT2D eigenvalue weighted by atomic mass is 10.0. The van der Waals surface area contributed by atoms with Gasteiger partial charge in [-0.25, -0.2) is 0 Å². The first-order valence-electron chi connectivity index (χ1n) is 6.48. The van der Waals surface area contributed by atoms with Crippen molar-refractivity contribution in [2.75, 3.05) is 18.8 Å². The predicted octanol–water partition coefficient (Wildman–Crippen LogP) is 2.60. The second-order valence-electron chi connectivity index (χ2n) is 5.07. The van der Waals surface area contributed by atoms with E-state index in [2.05, 4.69) is 11.8 Å². The van der Waals surface area contributed by atoms with E-state index >= 15 is 0 Å². The van der Waals surface area contributed by atoms with Crippen molar-refractivity contribution in [1.29, 1.82) is 0 Å². The fraction of sp³-hybridized carbons (Fsp3) is 0.571. The number of hydrogen-bond acceptors (Lipinski definition) is 3. The second-order valence-corrected chi connectivity index (χ2v) is 5.07. The Morgan fingerprint density at radius 3 is 3.00 bits per heavy atom. The lowest BCUT2D eigenvalue weighted by Crippen LogP contribution is -2.20. The molecule has 3 nitrogen and oxygen atoms in total. The van der Waals surface area contributed by atoms with Crippen LogP contribution in [0, 0.1) is 5.92 Å². The van der Waals surface area contributed by atoms with Crippen molar-refractivity contribution in [3.05, 3.63) is 23.8 Å². The van der Waals surface area contributed by atoms with Gasteiger partial charge in [0.25, 0.3) is 0 Å². The molecule has 17 heavy (non-hydrogen) atoms. The standard InChI is InChI=1S/C14H22N2O/c1-2-3-11-6-7-16(9-11)10-12-4-5-14(17)13(15)8-12/h4-5,8,11,17H,2-3,6-7,9-10,15H2,1H3. The number of phenolic OH excluding ortho intramolecular Hbond substituents is 1. The average Bonchev–Trinajstić information content (AvgIpc) is 2.72. The van der Waals surface area contributed by atoms with Gasteiger partial charge in [0.2, 0.25) is 0 Å². The number of aromatic hydroxyl groups is 1. The lowest BCUT2D eigenvalue weighted by molar-refractivity contribution is 0.313. The topological polar surface area (TPSA) is 49.5 Å². The number of rotatable bonds is 4. The molecule has 94 valence electrons. The fourth-order valence-corrected chi connectivity index (χ4v) is 2.66. The molecular weight excluding hydrogens is 212 g/mol. The van der Waals surface area contributed by atoms with Gasteiger partial charge in [-0.2, -0.15) is 0 Å². The van der Waals surface area contributed by atoms with Crippen LogP contribution in [-0.4, -0.2) is 23.1 Å². The van der Waals surface area contributed by atoms with Gasteiger partial charge < -0.3 is 10.8 Å². The molecule has 1 heterocycles. The van der Waals surface area contributed by atoms with E-state index < -0.39 is 0 Å². The number of nitrogen functional groups attached to an aromatic ring is 1.